The minimum atomic E-state index is -4.50. The summed E-state index contributed by atoms with van der Waals surface area (Å²) >= 11 is 0. The second-order valence-electron chi connectivity index (χ2n) is 10.8. The predicted molar refractivity (Wildman–Crippen MR) is 163 cm³/mol. The first-order valence-electron chi connectivity index (χ1n) is 14.4. The fourth-order valence-electron chi connectivity index (χ4n) is 5.32. The lowest BCUT2D eigenvalue weighted by Crippen LogP contribution is -2.41. The Balaban J connectivity index is 1.20. The number of hydrogen-bond acceptors (Lipinski definition) is 6. The molecule has 0 fully saturated rings. The fraction of sp³-hybridized carbons (Fsp3) is 0.125. The summed E-state index contributed by atoms with van der Waals surface area (Å²) < 4.78 is 69.5. The molecule has 0 unspecified atom stereocenters. The number of pyridine rings is 1. The van der Waals surface area contributed by atoms with Gasteiger partial charge in [0.25, 0.3) is 5.91 Å². The summed E-state index contributed by atoms with van der Waals surface area (Å²) in [4.78, 5) is 35.2. The lowest BCUT2D eigenvalue weighted by atomic mass is 10.0. The number of aromatic nitrogens is 6. The molecule has 2 N–H and O–H groups in total. The van der Waals surface area contributed by atoms with Gasteiger partial charge in [0.05, 0.1) is 41.8 Å². The van der Waals surface area contributed by atoms with Gasteiger partial charge in [-0.25, -0.2) is 23.7 Å². The molecule has 1 aliphatic rings. The van der Waals surface area contributed by atoms with E-state index < -0.39 is 35.4 Å². The van der Waals surface area contributed by atoms with Crippen LogP contribution in [0.4, 0.5) is 38.3 Å². The Bertz CT molecular complexity index is 2180. The summed E-state index contributed by atoms with van der Waals surface area (Å²) in [6.45, 7) is 0.619. The topological polar surface area (TPSA) is 122 Å². The molecule has 0 saturated carbocycles. The number of benzene rings is 2. The average Bonchev–Trinajstić information content (AvgIpc) is 3.65. The Kier molecular flexibility index (Phi) is 7.53. The molecule has 0 aliphatic carbocycles. The van der Waals surface area contributed by atoms with Crippen LogP contribution in [0.15, 0.2) is 85.2 Å². The van der Waals surface area contributed by atoms with Crippen LogP contribution < -0.4 is 10.6 Å². The molecule has 2 aromatic carbocycles. The third-order valence-electron chi connectivity index (χ3n) is 7.65. The molecule has 1 aliphatic heterocycles. The Morgan fingerprint density at radius 1 is 0.854 bits per heavy atom. The van der Waals surface area contributed by atoms with Crippen LogP contribution in [0.5, 0.6) is 0 Å². The number of carbonyl (C=O) groups is 2. The maximum atomic E-state index is 13.8. The summed E-state index contributed by atoms with van der Waals surface area (Å²) in [6.07, 6.45) is -1.85. The van der Waals surface area contributed by atoms with E-state index in [9.17, 15) is 31.5 Å². The van der Waals surface area contributed by atoms with Crippen LogP contribution in [0.2, 0.25) is 0 Å². The maximum absolute atomic E-state index is 13.8. The highest BCUT2D eigenvalue weighted by Gasteiger charge is 2.31. The number of carbonyl (C=O) groups excluding carboxylic acids is 2. The highest BCUT2D eigenvalue weighted by molar-refractivity contribution is 6.03. The molecule has 0 atom stereocenters. The third-order valence-corrected chi connectivity index (χ3v) is 7.65. The van der Waals surface area contributed by atoms with Crippen molar-refractivity contribution in [1.82, 2.24) is 34.3 Å². The minimum Gasteiger partial charge on any atom is -0.317 e. The molecule has 3 amide bonds. The summed E-state index contributed by atoms with van der Waals surface area (Å²) in [5.74, 6) is -1.68. The Morgan fingerprint density at radius 2 is 1.62 bits per heavy atom. The molecule has 0 spiro atoms. The van der Waals surface area contributed by atoms with Crippen molar-refractivity contribution >= 4 is 29.1 Å². The maximum Gasteiger partial charge on any atom is 0.416 e. The number of imidazole rings is 1. The van der Waals surface area contributed by atoms with E-state index in [1.54, 1.807) is 28.9 Å². The molecular formula is C32H22F5N9O2. The van der Waals surface area contributed by atoms with Crippen LogP contribution in [-0.4, -0.2) is 52.7 Å². The first-order chi connectivity index (χ1) is 23.0. The minimum absolute atomic E-state index is 0.0515. The number of hydrogen-bond donors (Lipinski definition) is 2. The van der Waals surface area contributed by atoms with E-state index in [0.717, 1.165) is 18.2 Å². The number of halogens is 5. The molecular weight excluding hydrogens is 637 g/mol. The number of alkyl halides is 3. The van der Waals surface area contributed by atoms with E-state index in [4.69, 9.17) is 10.2 Å². The number of urea groups is 1. The zero-order valence-electron chi connectivity index (χ0n) is 24.5. The Labute approximate surface area is 267 Å². The van der Waals surface area contributed by atoms with Crippen LogP contribution in [0.25, 0.3) is 28.2 Å². The van der Waals surface area contributed by atoms with Gasteiger partial charge in [0.15, 0.2) is 11.5 Å². The van der Waals surface area contributed by atoms with Crippen molar-refractivity contribution in [2.24, 2.45) is 0 Å². The van der Waals surface area contributed by atoms with Gasteiger partial charge in [-0.1, -0.05) is 0 Å². The van der Waals surface area contributed by atoms with E-state index in [1.807, 2.05) is 0 Å². The van der Waals surface area contributed by atoms with E-state index in [-0.39, 0.29) is 30.2 Å². The zero-order chi connectivity index (χ0) is 33.6. The summed E-state index contributed by atoms with van der Waals surface area (Å²) in [5.41, 5.74) is 2.48. The van der Waals surface area contributed by atoms with Gasteiger partial charge < -0.3 is 15.5 Å². The summed E-state index contributed by atoms with van der Waals surface area (Å²) in [7, 11) is 0. The summed E-state index contributed by atoms with van der Waals surface area (Å²) in [5, 5.41) is 14.7. The largest absolute Gasteiger partial charge is 0.416 e. The van der Waals surface area contributed by atoms with Crippen molar-refractivity contribution in [3.8, 4) is 22.5 Å². The zero-order valence-corrected chi connectivity index (χ0v) is 24.5. The number of nitrogens with one attached hydrogen (secondary N) is 2. The molecule has 11 nitrogen and oxygen atoms in total. The molecule has 0 radical (unpaired) electrons. The van der Waals surface area contributed by atoms with Crippen LogP contribution in [0.3, 0.4) is 0 Å². The molecule has 7 rings (SSSR count). The monoisotopic (exact) mass is 659 g/mol. The number of nitrogens with zero attached hydrogens (tertiary/aromatic N) is 7. The van der Waals surface area contributed by atoms with Crippen LogP contribution >= 0.6 is 0 Å². The molecule has 242 valence electrons. The Hall–Kier alpha value is -6.19. The number of anilines is 2. The highest BCUT2D eigenvalue weighted by atomic mass is 19.4. The fourth-order valence-corrected chi connectivity index (χ4v) is 5.32. The van der Waals surface area contributed by atoms with Gasteiger partial charge in [0, 0.05) is 35.6 Å². The second-order valence-corrected chi connectivity index (χ2v) is 10.8. The van der Waals surface area contributed by atoms with E-state index in [1.165, 1.54) is 52.1 Å². The van der Waals surface area contributed by atoms with Crippen molar-refractivity contribution in [3.63, 3.8) is 0 Å². The van der Waals surface area contributed by atoms with Gasteiger partial charge in [0.2, 0.25) is 5.95 Å². The Morgan fingerprint density at radius 3 is 2.35 bits per heavy atom. The van der Waals surface area contributed by atoms with Gasteiger partial charge in [-0.05, 0) is 66.7 Å². The SMILES string of the molecule is O=C(Nc1cn2nc(-c3c(-c4ccc(F)cc4)nn4c3CN(C(=O)Nc3ccc(C(F)(F)F)cc3)CC4)ccc2n1)c1ccnc(F)c1. The molecule has 48 heavy (non-hydrogen) atoms. The molecule has 0 bridgehead atoms. The van der Waals surface area contributed by atoms with Crippen molar-refractivity contribution in [1.29, 1.82) is 0 Å². The normalized spacial score (nSPS) is 13.0. The van der Waals surface area contributed by atoms with Crippen LogP contribution in [0.1, 0.15) is 21.6 Å². The first kappa shape index (κ1) is 30.5. The van der Waals surface area contributed by atoms with Gasteiger partial charge >= 0.3 is 12.2 Å². The van der Waals surface area contributed by atoms with E-state index in [2.05, 4.69) is 20.6 Å². The number of rotatable bonds is 5. The van der Waals surface area contributed by atoms with E-state index in [0.29, 0.717) is 40.4 Å². The lowest BCUT2D eigenvalue weighted by molar-refractivity contribution is -0.137. The number of amides is 3. The molecule has 6 aromatic rings. The van der Waals surface area contributed by atoms with Crippen LogP contribution in [-0.2, 0) is 19.3 Å². The van der Waals surface area contributed by atoms with Gasteiger partial charge in [-0.15, -0.1) is 0 Å². The average molecular weight is 660 g/mol. The molecule has 5 heterocycles. The van der Waals surface area contributed by atoms with Crippen molar-refractivity contribution in [3.05, 3.63) is 114 Å². The lowest BCUT2D eigenvalue weighted by Gasteiger charge is -2.28. The van der Waals surface area contributed by atoms with Crippen molar-refractivity contribution in [2.45, 2.75) is 19.3 Å². The first-order valence-corrected chi connectivity index (χ1v) is 14.4. The smallest absolute Gasteiger partial charge is 0.317 e. The predicted octanol–water partition coefficient (Wildman–Crippen LogP) is 6.25. The highest BCUT2D eigenvalue weighted by Crippen LogP contribution is 2.36. The third kappa shape index (κ3) is 6.02. The van der Waals surface area contributed by atoms with Gasteiger partial charge in [-0.3, -0.25) is 9.48 Å². The van der Waals surface area contributed by atoms with Crippen molar-refractivity contribution in [2.75, 3.05) is 17.2 Å². The van der Waals surface area contributed by atoms with E-state index >= 15 is 0 Å². The molecule has 16 heteroatoms. The van der Waals surface area contributed by atoms with Gasteiger partial charge in [-0.2, -0.15) is 27.8 Å². The van der Waals surface area contributed by atoms with Crippen molar-refractivity contribution < 1.29 is 31.5 Å². The molecule has 0 saturated heterocycles. The number of fused-ring (bicyclic) bond motifs is 2. The second kappa shape index (κ2) is 11.9. The standard InChI is InChI=1S/C32H22F5N9O2/c33-21-5-1-18(2-6-21)29-28(23-9-10-27-40-26(17-46(27)42-23)41-30(47)19-11-12-38-25(34)15-19)24-16-44(13-14-45(24)43-29)31(48)39-22-7-3-20(4-8-22)32(35,36)37/h1-12,15,17H,13-14,16H2,(H,39,48)(H,41,47). The van der Waals surface area contributed by atoms with Crippen LogP contribution in [0, 0.1) is 11.8 Å². The molecule has 4 aromatic heterocycles. The quantitative estimate of drug-likeness (QED) is 0.167. The summed E-state index contributed by atoms with van der Waals surface area (Å²) in [6, 6.07) is 15.1. The van der Waals surface area contributed by atoms with Gasteiger partial charge in [0.1, 0.15) is 11.5 Å².